The maximum Gasteiger partial charge on any atom is 1.00 e. The van der Waals surface area contributed by atoms with Crippen molar-refractivity contribution >= 4 is 38.2 Å². The fourth-order valence-electron chi connectivity index (χ4n) is 2.78. The van der Waals surface area contributed by atoms with E-state index in [4.69, 9.17) is 15.2 Å². The number of carbonyl (C=O) groups is 2. The van der Waals surface area contributed by atoms with Gasteiger partial charge in [-0.3, -0.25) is 10.1 Å². The molecule has 0 radical (unpaired) electrons. The summed E-state index contributed by atoms with van der Waals surface area (Å²) in [4.78, 5) is 53.9. The first kappa shape index (κ1) is 49.1. The van der Waals surface area contributed by atoms with Crippen LogP contribution in [0, 0.1) is 24.0 Å². The van der Waals surface area contributed by atoms with Crippen LogP contribution in [0.1, 0.15) is 35.9 Å². The molecule has 268 valence electrons. The van der Waals surface area contributed by atoms with E-state index in [-0.39, 0.29) is 138 Å². The van der Waals surface area contributed by atoms with E-state index in [1.165, 1.54) is 38.1 Å². The fourth-order valence-corrected chi connectivity index (χ4v) is 3.80. The second-order valence-corrected chi connectivity index (χ2v) is 11.8. The average molecular weight is 774 g/mol. The Morgan fingerprint density at radius 2 is 1.28 bits per heavy atom. The topological polar surface area (TPSA) is 344 Å². The number of nitrogens with zero attached hydrogens (tertiary/aromatic N) is 1. The molecule has 0 aliphatic carbocycles. The summed E-state index contributed by atoms with van der Waals surface area (Å²) in [7, 11) is -8.30. The number of ether oxygens (including phenoxy) is 3. The molecule has 3 N–H and O–H groups in total. The molecule has 22 nitrogen and oxygen atoms in total. The first-order valence-corrected chi connectivity index (χ1v) is 16.2. The Morgan fingerprint density at radius 1 is 0.820 bits per heavy atom. The van der Waals surface area contributed by atoms with Gasteiger partial charge in [0, 0.05) is 30.2 Å². The van der Waals surface area contributed by atoms with Gasteiger partial charge in [-0.1, -0.05) is 0 Å². The number of nitro benzene ring substituents is 1. The molecule has 2 heterocycles. The van der Waals surface area contributed by atoms with Crippen LogP contribution in [0.3, 0.4) is 0 Å². The van der Waals surface area contributed by atoms with Crippen molar-refractivity contribution in [2.75, 3.05) is 24.6 Å². The molecule has 0 atom stereocenters. The van der Waals surface area contributed by atoms with E-state index in [1.54, 1.807) is 0 Å². The summed E-state index contributed by atoms with van der Waals surface area (Å²) in [6.07, 6.45) is -1.63. The largest absolute Gasteiger partial charge is 1.00 e. The Labute approximate surface area is 327 Å². The molecule has 0 aliphatic rings. The van der Waals surface area contributed by atoms with Gasteiger partial charge in [0.05, 0.1) is 25.2 Å². The number of benzene rings is 1. The third-order valence-electron chi connectivity index (χ3n) is 5.01. The van der Waals surface area contributed by atoms with Gasteiger partial charge in [0.1, 0.15) is 5.75 Å². The van der Waals surface area contributed by atoms with Crippen LogP contribution in [-0.4, -0.2) is 67.7 Å². The molecule has 0 bridgehead atoms. The van der Waals surface area contributed by atoms with Crippen LogP contribution in [0.2, 0.25) is 0 Å². The standard InChI is InChI=1S/C12H9NO8.C9H13NO8S.C3H9NO3S.2Na/c1-7-10(21-12(15)19-7)6-18-11(14)20-9-4-2-8(3-5-9)13(16)17;1-6-7(18-9(12)17-6)5-16-8(11)10-3-2-4-19(13,14)15;4-2-1-3-8(5,6)7;;/h2-5H,6H2,1H3;2-5H2,1H3,(H,10,11)(H,13,14,15);1-4H2,(H,5,6,7);;/q;;;2*+1/p-2. The van der Waals surface area contributed by atoms with E-state index in [2.05, 4.69) is 27.7 Å². The SMILES string of the molecule is Cc1oc(=O)oc1COC(=O)NCCCS(=O)(=O)[O-].Cc1oc(=O)oc1COC(=O)Oc1ccc([N+](=O)[O-])cc1.NCCCS(=O)(=O)[O-].[Na+].[Na+]. The molecule has 0 saturated heterocycles. The summed E-state index contributed by atoms with van der Waals surface area (Å²) in [5.41, 5.74) is 4.80. The van der Waals surface area contributed by atoms with Gasteiger partial charge in [-0.15, -0.1) is 0 Å². The zero-order valence-corrected chi connectivity index (χ0v) is 32.7. The monoisotopic (exact) mass is 773 g/mol. The van der Waals surface area contributed by atoms with Gasteiger partial charge in [0.15, 0.2) is 36.3 Å². The number of nitrogens with two attached hydrogens (primary N) is 1. The maximum atomic E-state index is 11.4. The molecular formula is C24H29N3Na2O19S2. The number of carbonyl (C=O) groups excluding carboxylic acids is 2. The van der Waals surface area contributed by atoms with Crippen molar-refractivity contribution < 1.29 is 131 Å². The predicted octanol–water partition coefficient (Wildman–Crippen LogP) is -5.24. The van der Waals surface area contributed by atoms with Crippen molar-refractivity contribution in [1.29, 1.82) is 0 Å². The first-order chi connectivity index (χ1) is 22.3. The molecule has 3 rings (SSSR count). The van der Waals surface area contributed by atoms with Gasteiger partial charge in [-0.25, -0.2) is 36.0 Å². The van der Waals surface area contributed by atoms with E-state index in [0.29, 0.717) is 0 Å². The number of hydrogen-bond donors (Lipinski definition) is 2. The molecule has 3 aromatic rings. The number of nitro groups is 1. The summed E-state index contributed by atoms with van der Waals surface area (Å²) in [6, 6.07) is 4.87. The molecule has 1 aromatic carbocycles. The van der Waals surface area contributed by atoms with Crippen molar-refractivity contribution in [3.63, 3.8) is 0 Å². The molecule has 2 aromatic heterocycles. The van der Waals surface area contributed by atoms with Gasteiger partial charge in [0.25, 0.3) is 5.69 Å². The Kier molecular flexibility index (Phi) is 23.8. The van der Waals surface area contributed by atoms with E-state index in [1.807, 2.05) is 0 Å². The molecule has 0 aliphatic heterocycles. The summed E-state index contributed by atoms with van der Waals surface area (Å²) in [5, 5.41) is 12.7. The summed E-state index contributed by atoms with van der Waals surface area (Å²) in [6.45, 7) is 2.56. The number of alkyl carbamates (subject to hydrolysis) is 1. The fraction of sp³-hybridized carbons (Fsp3) is 0.417. The Hall–Kier alpha value is -3.04. The number of non-ortho nitro benzene ring substituents is 1. The molecule has 50 heavy (non-hydrogen) atoms. The van der Waals surface area contributed by atoms with Crippen molar-refractivity contribution in [3.05, 3.63) is 78.7 Å². The van der Waals surface area contributed by atoms with Crippen molar-refractivity contribution in [3.8, 4) is 5.75 Å². The maximum absolute atomic E-state index is 11.4. The van der Waals surface area contributed by atoms with Gasteiger partial charge < -0.3 is 52.0 Å². The van der Waals surface area contributed by atoms with Gasteiger partial charge in [-0.05, 0) is 45.4 Å². The van der Waals surface area contributed by atoms with Crippen molar-refractivity contribution in [1.82, 2.24) is 5.32 Å². The zero-order chi connectivity index (χ0) is 36.5. The number of rotatable bonds is 13. The van der Waals surface area contributed by atoms with Crippen LogP contribution in [0.4, 0.5) is 15.3 Å². The van der Waals surface area contributed by atoms with Crippen LogP contribution in [-0.2, 0) is 42.9 Å². The van der Waals surface area contributed by atoms with E-state index in [0.717, 1.165) is 0 Å². The average Bonchev–Trinajstić information content (AvgIpc) is 3.49. The summed E-state index contributed by atoms with van der Waals surface area (Å²) >= 11 is 0. The molecule has 0 fully saturated rings. The third-order valence-corrected chi connectivity index (χ3v) is 6.59. The second kappa shape index (κ2) is 24.2. The van der Waals surface area contributed by atoms with Crippen LogP contribution < -0.4 is 86.5 Å². The van der Waals surface area contributed by atoms with Crippen molar-refractivity contribution in [2.24, 2.45) is 5.73 Å². The van der Waals surface area contributed by atoms with Crippen LogP contribution in [0.5, 0.6) is 5.75 Å². The summed E-state index contributed by atoms with van der Waals surface area (Å²) < 4.78 is 92.7. The second-order valence-electron chi connectivity index (χ2n) is 8.78. The van der Waals surface area contributed by atoms with Crippen molar-refractivity contribution in [2.45, 2.75) is 39.9 Å². The zero-order valence-electron chi connectivity index (χ0n) is 27.1. The first-order valence-electron chi connectivity index (χ1n) is 13.0. The van der Waals surface area contributed by atoms with Gasteiger partial charge in [-0.2, -0.15) is 0 Å². The molecule has 0 saturated carbocycles. The number of nitrogens with one attached hydrogen (secondary N) is 1. The molecule has 0 unspecified atom stereocenters. The number of amides is 1. The van der Waals surface area contributed by atoms with E-state index in [9.17, 15) is 55.2 Å². The smallest absolute Gasteiger partial charge is 0.748 e. The minimum absolute atomic E-state index is 0. The molecular weight excluding hydrogens is 744 g/mol. The number of aryl methyl sites for hydroxylation is 2. The van der Waals surface area contributed by atoms with E-state index < -0.39 is 54.8 Å². The van der Waals surface area contributed by atoms with Gasteiger partial charge >= 0.3 is 83.0 Å². The molecule has 1 amide bonds. The Morgan fingerprint density at radius 3 is 1.66 bits per heavy atom. The number of hydrogen-bond acceptors (Lipinski definition) is 20. The minimum Gasteiger partial charge on any atom is -0.748 e. The third kappa shape index (κ3) is 22.6. The predicted molar refractivity (Wildman–Crippen MR) is 153 cm³/mol. The van der Waals surface area contributed by atoms with Crippen LogP contribution >= 0.6 is 0 Å². The summed E-state index contributed by atoms with van der Waals surface area (Å²) in [5.74, 6) is -2.06. The molecule has 0 spiro atoms. The van der Waals surface area contributed by atoms with Gasteiger partial charge in [0.2, 0.25) is 0 Å². The quantitative estimate of drug-likeness (QED) is 0.0312. The molecule has 26 heteroatoms. The minimum atomic E-state index is -4.28. The van der Waals surface area contributed by atoms with Crippen LogP contribution in [0.25, 0.3) is 0 Å². The normalized spacial score (nSPS) is 10.4. The van der Waals surface area contributed by atoms with Crippen LogP contribution in [0.15, 0.2) is 51.5 Å². The Bertz CT molecular complexity index is 1830. The van der Waals surface area contributed by atoms with E-state index >= 15 is 0 Å². The Balaban J connectivity index is 0.